The van der Waals surface area contributed by atoms with E-state index in [9.17, 15) is 0 Å². The van der Waals surface area contributed by atoms with Crippen LogP contribution in [0.5, 0.6) is 0 Å². The molecule has 0 saturated carbocycles. The predicted molar refractivity (Wildman–Crippen MR) is 67.6 cm³/mol. The number of aromatic nitrogens is 2. The molecule has 0 spiro atoms. The van der Waals surface area contributed by atoms with E-state index in [0.29, 0.717) is 12.6 Å². The zero-order chi connectivity index (χ0) is 12.1. The molecular formula is C12H22N4O. The lowest BCUT2D eigenvalue weighted by atomic mass is 10.1. The van der Waals surface area contributed by atoms with Gasteiger partial charge in [0.2, 0.25) is 0 Å². The van der Waals surface area contributed by atoms with Gasteiger partial charge in [-0.3, -0.25) is 9.58 Å². The Balaban J connectivity index is 1.77. The van der Waals surface area contributed by atoms with Crippen molar-refractivity contribution in [2.75, 3.05) is 25.4 Å². The zero-order valence-electron chi connectivity index (χ0n) is 10.3. The lowest BCUT2D eigenvalue weighted by Gasteiger charge is -2.24. The molecule has 1 atom stereocenters. The van der Waals surface area contributed by atoms with Gasteiger partial charge in [-0.15, -0.1) is 0 Å². The monoisotopic (exact) mass is 238 g/mol. The van der Waals surface area contributed by atoms with Gasteiger partial charge in [-0.2, -0.15) is 5.10 Å². The second-order valence-corrected chi connectivity index (χ2v) is 4.73. The maximum Gasteiger partial charge on any atom is 0.0719 e. The Morgan fingerprint density at radius 2 is 2.35 bits per heavy atom. The molecule has 0 aromatic carbocycles. The quantitative estimate of drug-likeness (QED) is 0.765. The third-order valence-electron chi connectivity index (χ3n) is 3.46. The lowest BCUT2D eigenvalue weighted by molar-refractivity contribution is 0.208. The smallest absolute Gasteiger partial charge is 0.0719 e. The van der Waals surface area contributed by atoms with Gasteiger partial charge in [-0.25, -0.2) is 0 Å². The van der Waals surface area contributed by atoms with Crippen molar-refractivity contribution in [3.8, 4) is 0 Å². The van der Waals surface area contributed by atoms with Crippen molar-refractivity contribution >= 4 is 5.69 Å². The summed E-state index contributed by atoms with van der Waals surface area (Å²) in [6.45, 7) is 3.40. The largest absolute Gasteiger partial charge is 0.396 e. The Bertz CT molecular complexity index is 339. The Hall–Kier alpha value is -1.07. The topological polar surface area (TPSA) is 67.3 Å². The average Bonchev–Trinajstić information content (AvgIpc) is 2.92. The molecule has 1 aliphatic rings. The molecule has 1 aromatic heterocycles. The summed E-state index contributed by atoms with van der Waals surface area (Å²) in [4.78, 5) is 2.51. The molecule has 3 N–H and O–H groups in total. The third-order valence-corrected chi connectivity index (χ3v) is 3.46. The molecule has 0 bridgehead atoms. The second kappa shape index (κ2) is 6.02. The van der Waals surface area contributed by atoms with E-state index in [4.69, 9.17) is 10.8 Å². The number of anilines is 1. The van der Waals surface area contributed by atoms with Crippen LogP contribution in [0.25, 0.3) is 0 Å². The van der Waals surface area contributed by atoms with Crippen molar-refractivity contribution in [2.45, 2.75) is 38.3 Å². The molecule has 1 fully saturated rings. The van der Waals surface area contributed by atoms with Crippen LogP contribution in [0.1, 0.15) is 25.7 Å². The van der Waals surface area contributed by atoms with Crippen LogP contribution >= 0.6 is 0 Å². The molecule has 1 unspecified atom stereocenters. The van der Waals surface area contributed by atoms with Gasteiger partial charge >= 0.3 is 0 Å². The molecule has 5 heteroatoms. The van der Waals surface area contributed by atoms with Crippen LogP contribution in [0.2, 0.25) is 0 Å². The molecule has 17 heavy (non-hydrogen) atoms. The predicted octanol–water partition coefficient (Wildman–Crippen LogP) is 0.702. The van der Waals surface area contributed by atoms with E-state index in [2.05, 4.69) is 10.00 Å². The molecule has 96 valence electrons. The standard InChI is InChI=1S/C12H22N4O/c13-11-9-14-16(10-11)7-6-15-5-1-3-12(15)4-2-8-17/h9-10,12,17H,1-8,13H2. The number of nitrogens with zero attached hydrogens (tertiary/aromatic N) is 3. The first kappa shape index (κ1) is 12.4. The van der Waals surface area contributed by atoms with Crippen molar-refractivity contribution in [2.24, 2.45) is 0 Å². The van der Waals surface area contributed by atoms with Gasteiger partial charge in [0.25, 0.3) is 0 Å². The van der Waals surface area contributed by atoms with Crippen molar-refractivity contribution in [1.29, 1.82) is 0 Å². The van der Waals surface area contributed by atoms with E-state index in [-0.39, 0.29) is 0 Å². The second-order valence-electron chi connectivity index (χ2n) is 4.73. The van der Waals surface area contributed by atoms with Gasteiger partial charge < -0.3 is 10.8 Å². The molecule has 1 saturated heterocycles. The van der Waals surface area contributed by atoms with Crippen LogP contribution in [-0.2, 0) is 6.54 Å². The van der Waals surface area contributed by atoms with E-state index < -0.39 is 0 Å². The minimum Gasteiger partial charge on any atom is -0.396 e. The van der Waals surface area contributed by atoms with Crippen LogP contribution in [0, 0.1) is 0 Å². The maximum absolute atomic E-state index is 8.88. The summed E-state index contributed by atoms with van der Waals surface area (Å²) in [5.41, 5.74) is 6.36. The van der Waals surface area contributed by atoms with Gasteiger partial charge in [0.1, 0.15) is 0 Å². The van der Waals surface area contributed by atoms with E-state index in [0.717, 1.165) is 31.6 Å². The van der Waals surface area contributed by atoms with E-state index >= 15 is 0 Å². The van der Waals surface area contributed by atoms with Gasteiger partial charge in [-0.1, -0.05) is 0 Å². The number of likely N-dealkylation sites (tertiary alicyclic amines) is 1. The molecule has 5 nitrogen and oxygen atoms in total. The van der Waals surface area contributed by atoms with Crippen LogP contribution in [0.15, 0.2) is 12.4 Å². The number of hydrogen-bond acceptors (Lipinski definition) is 4. The molecule has 0 radical (unpaired) electrons. The number of aliphatic hydroxyl groups excluding tert-OH is 1. The molecule has 0 amide bonds. The van der Waals surface area contributed by atoms with Gasteiger partial charge in [0, 0.05) is 25.4 Å². The fraction of sp³-hybridized carbons (Fsp3) is 0.750. The molecule has 2 heterocycles. The molecule has 1 aromatic rings. The first-order chi connectivity index (χ1) is 8.29. The first-order valence-corrected chi connectivity index (χ1v) is 6.42. The third kappa shape index (κ3) is 3.44. The minimum absolute atomic E-state index is 0.306. The Kier molecular flexibility index (Phi) is 4.39. The lowest BCUT2D eigenvalue weighted by Crippen LogP contribution is -2.32. The van der Waals surface area contributed by atoms with E-state index in [1.807, 2.05) is 10.9 Å². The Morgan fingerprint density at radius 3 is 3.06 bits per heavy atom. The zero-order valence-corrected chi connectivity index (χ0v) is 10.3. The number of nitrogens with two attached hydrogens (primary N) is 1. The maximum atomic E-state index is 8.88. The summed E-state index contributed by atoms with van der Waals surface area (Å²) in [5.74, 6) is 0. The highest BCUT2D eigenvalue weighted by Gasteiger charge is 2.23. The summed E-state index contributed by atoms with van der Waals surface area (Å²) in [5, 5.41) is 13.1. The van der Waals surface area contributed by atoms with Gasteiger partial charge in [0.05, 0.1) is 18.4 Å². The summed E-state index contributed by atoms with van der Waals surface area (Å²) < 4.78 is 1.90. The highest BCUT2D eigenvalue weighted by atomic mass is 16.2. The summed E-state index contributed by atoms with van der Waals surface area (Å²) >= 11 is 0. The van der Waals surface area contributed by atoms with Crippen LogP contribution in [-0.4, -0.2) is 45.5 Å². The molecule has 1 aliphatic heterocycles. The first-order valence-electron chi connectivity index (χ1n) is 6.42. The molecule has 0 aliphatic carbocycles. The number of nitrogen functional groups attached to an aromatic ring is 1. The summed E-state index contributed by atoms with van der Waals surface area (Å²) in [7, 11) is 0. The average molecular weight is 238 g/mol. The molecule has 2 rings (SSSR count). The van der Waals surface area contributed by atoms with Crippen LogP contribution in [0.3, 0.4) is 0 Å². The number of rotatable bonds is 6. The van der Waals surface area contributed by atoms with Gasteiger partial charge in [-0.05, 0) is 32.2 Å². The van der Waals surface area contributed by atoms with Crippen LogP contribution in [0.4, 0.5) is 5.69 Å². The summed E-state index contributed by atoms with van der Waals surface area (Å²) in [6, 6.07) is 0.648. The van der Waals surface area contributed by atoms with Crippen molar-refractivity contribution < 1.29 is 5.11 Å². The highest BCUT2D eigenvalue weighted by molar-refractivity contribution is 5.30. The normalized spacial score (nSPS) is 21.1. The fourth-order valence-corrected chi connectivity index (χ4v) is 2.58. The van der Waals surface area contributed by atoms with E-state index in [1.165, 1.54) is 19.4 Å². The fourth-order valence-electron chi connectivity index (χ4n) is 2.58. The van der Waals surface area contributed by atoms with Gasteiger partial charge in [0.15, 0.2) is 0 Å². The Labute approximate surface area is 102 Å². The van der Waals surface area contributed by atoms with Crippen molar-refractivity contribution in [3.05, 3.63) is 12.4 Å². The Morgan fingerprint density at radius 1 is 1.47 bits per heavy atom. The van der Waals surface area contributed by atoms with E-state index in [1.54, 1.807) is 6.20 Å². The number of hydrogen-bond donors (Lipinski definition) is 2. The van der Waals surface area contributed by atoms with Crippen molar-refractivity contribution in [1.82, 2.24) is 14.7 Å². The minimum atomic E-state index is 0.306. The van der Waals surface area contributed by atoms with Crippen LogP contribution < -0.4 is 5.73 Å². The highest BCUT2D eigenvalue weighted by Crippen LogP contribution is 2.20. The molecular weight excluding hydrogens is 216 g/mol. The number of aliphatic hydroxyl groups is 1. The summed E-state index contributed by atoms with van der Waals surface area (Å²) in [6.07, 6.45) is 8.12. The SMILES string of the molecule is Nc1cnn(CCN2CCCC2CCCO)c1. The van der Waals surface area contributed by atoms with Crippen molar-refractivity contribution in [3.63, 3.8) is 0 Å².